The molecule has 0 aliphatic carbocycles. The summed E-state index contributed by atoms with van der Waals surface area (Å²) in [7, 11) is 0. The normalized spacial score (nSPS) is 12.4. The lowest BCUT2D eigenvalue weighted by atomic mass is 10.1. The van der Waals surface area contributed by atoms with Gasteiger partial charge in [-0.2, -0.15) is 0 Å². The topological polar surface area (TPSA) is 42.0 Å². The molecule has 0 unspecified atom stereocenters. The van der Waals surface area contributed by atoms with Crippen molar-refractivity contribution in [2.75, 3.05) is 0 Å². The van der Waals surface area contributed by atoms with E-state index in [9.17, 15) is 0 Å². The molecule has 2 aromatic heterocycles. The molecule has 0 atom stereocenters. The fraction of sp³-hybridized carbons (Fsp3) is 0.0250. The first-order chi connectivity index (χ1) is 22.3. The number of rotatable bonds is 5. The quantitative estimate of drug-likeness (QED) is 0.140. The Morgan fingerprint density at radius 2 is 1.31 bits per heavy atom. The van der Waals surface area contributed by atoms with Crippen molar-refractivity contribution < 1.29 is 0 Å². The van der Waals surface area contributed by atoms with Crippen LogP contribution in [0.3, 0.4) is 0 Å². The van der Waals surface area contributed by atoms with Gasteiger partial charge in [-0.1, -0.05) is 115 Å². The second kappa shape index (κ2) is 11.5. The number of thiophene rings is 1. The molecule has 214 valence electrons. The van der Waals surface area contributed by atoms with E-state index in [1.54, 1.807) is 0 Å². The van der Waals surface area contributed by atoms with Crippen LogP contribution in [-0.4, -0.2) is 23.0 Å². The second-order valence-corrected chi connectivity index (χ2v) is 12.0. The summed E-state index contributed by atoms with van der Waals surface area (Å²) < 4.78 is 4.97. The lowest BCUT2D eigenvalue weighted by molar-refractivity contribution is 1.06. The minimum atomic E-state index is 0.520. The van der Waals surface area contributed by atoms with E-state index in [1.165, 1.54) is 36.5 Å². The van der Waals surface area contributed by atoms with Crippen molar-refractivity contribution in [2.24, 2.45) is 15.0 Å². The number of hydrogen-bond acceptors (Lipinski definition) is 2. The van der Waals surface area contributed by atoms with Gasteiger partial charge in [-0.25, -0.2) is 9.98 Å². The first-order valence-electron chi connectivity index (χ1n) is 14.9. The minimum Gasteiger partial charge on any atom is -0.309 e. The SMILES string of the molecule is C=NC(=NC(=NCc1ccccc1)c1ccccc1)c1cccc(-n2c3ccccc3c3c4sc5ccccc5c4ccc32)c1. The maximum absolute atomic E-state index is 4.99. The maximum Gasteiger partial charge on any atom is 0.161 e. The van der Waals surface area contributed by atoms with Crippen LogP contribution in [0.4, 0.5) is 0 Å². The highest BCUT2D eigenvalue weighted by atomic mass is 32.1. The first kappa shape index (κ1) is 26.9. The van der Waals surface area contributed by atoms with Crippen LogP contribution in [0.25, 0.3) is 47.7 Å². The van der Waals surface area contributed by atoms with Crippen LogP contribution in [0.15, 0.2) is 161 Å². The van der Waals surface area contributed by atoms with Crippen molar-refractivity contribution in [1.29, 1.82) is 0 Å². The predicted octanol–water partition coefficient (Wildman–Crippen LogP) is 10.2. The number of nitrogens with zero attached hydrogens (tertiary/aromatic N) is 4. The van der Waals surface area contributed by atoms with E-state index in [4.69, 9.17) is 9.98 Å². The summed E-state index contributed by atoms with van der Waals surface area (Å²) in [6.07, 6.45) is 0. The molecule has 0 bridgehead atoms. The molecule has 0 fully saturated rings. The van der Waals surface area contributed by atoms with Gasteiger partial charge in [0, 0.05) is 47.8 Å². The Labute approximate surface area is 265 Å². The number of para-hydroxylation sites is 1. The van der Waals surface area contributed by atoms with Crippen LogP contribution in [-0.2, 0) is 6.54 Å². The Morgan fingerprint density at radius 1 is 0.600 bits per heavy atom. The Bertz CT molecular complexity index is 2410. The van der Waals surface area contributed by atoms with Gasteiger partial charge in [0.1, 0.15) is 0 Å². The number of fused-ring (bicyclic) bond motifs is 7. The van der Waals surface area contributed by atoms with Crippen molar-refractivity contribution in [3.8, 4) is 5.69 Å². The molecule has 4 nitrogen and oxygen atoms in total. The van der Waals surface area contributed by atoms with E-state index in [1.807, 2.05) is 65.9 Å². The van der Waals surface area contributed by atoms with Gasteiger partial charge in [-0.15, -0.1) is 11.3 Å². The van der Waals surface area contributed by atoms with Gasteiger partial charge in [0.05, 0.1) is 17.6 Å². The van der Waals surface area contributed by atoms with Crippen molar-refractivity contribution in [2.45, 2.75) is 6.54 Å². The van der Waals surface area contributed by atoms with E-state index < -0.39 is 0 Å². The van der Waals surface area contributed by atoms with Crippen LogP contribution >= 0.6 is 11.3 Å². The van der Waals surface area contributed by atoms with Crippen LogP contribution in [0, 0.1) is 0 Å². The fourth-order valence-corrected chi connectivity index (χ4v) is 7.38. The van der Waals surface area contributed by atoms with Gasteiger partial charge >= 0.3 is 0 Å². The van der Waals surface area contributed by atoms with Gasteiger partial charge in [-0.3, -0.25) is 4.99 Å². The molecule has 45 heavy (non-hydrogen) atoms. The lowest BCUT2D eigenvalue weighted by Crippen LogP contribution is -2.06. The zero-order chi connectivity index (χ0) is 30.2. The molecule has 0 N–H and O–H groups in total. The van der Waals surface area contributed by atoms with Gasteiger partial charge in [0.25, 0.3) is 0 Å². The smallest absolute Gasteiger partial charge is 0.161 e. The molecule has 0 saturated carbocycles. The predicted molar refractivity (Wildman–Crippen MR) is 193 cm³/mol. The molecule has 8 aromatic rings. The van der Waals surface area contributed by atoms with E-state index in [0.717, 1.165) is 27.9 Å². The summed E-state index contributed by atoms with van der Waals surface area (Å²) in [5.41, 5.74) is 6.30. The van der Waals surface area contributed by atoms with E-state index in [-0.39, 0.29) is 0 Å². The van der Waals surface area contributed by atoms with Crippen molar-refractivity contribution in [1.82, 2.24) is 4.57 Å². The third-order valence-corrected chi connectivity index (χ3v) is 9.39. The lowest BCUT2D eigenvalue weighted by Gasteiger charge is -2.11. The highest BCUT2D eigenvalue weighted by Gasteiger charge is 2.18. The van der Waals surface area contributed by atoms with Gasteiger partial charge in [0.2, 0.25) is 0 Å². The largest absolute Gasteiger partial charge is 0.309 e. The molecule has 8 rings (SSSR count). The molecule has 6 aromatic carbocycles. The average Bonchev–Trinajstić information content (AvgIpc) is 3.65. The molecule has 5 heteroatoms. The number of aromatic nitrogens is 1. The molecule has 0 amide bonds. The van der Waals surface area contributed by atoms with E-state index in [0.29, 0.717) is 18.2 Å². The van der Waals surface area contributed by atoms with E-state index >= 15 is 0 Å². The highest BCUT2D eigenvalue weighted by Crippen LogP contribution is 2.43. The third kappa shape index (κ3) is 4.84. The second-order valence-electron chi connectivity index (χ2n) is 10.9. The summed E-state index contributed by atoms with van der Waals surface area (Å²) in [5.74, 6) is 1.15. The standard InChI is InChI=1S/C40H28N4S/c1-41-39(43-40(28-15-6-3-7-16-28)42-26-27-13-4-2-5-14-27)29-17-12-18-30(25-29)44-34-21-10-8-20-33(34)37-35(44)24-23-32-31-19-9-11-22-36(31)45-38(32)37/h2-25H,1,26H2. The Hall–Kier alpha value is -5.65. The number of amidine groups is 2. The molecule has 0 aliphatic rings. The van der Waals surface area contributed by atoms with Crippen LogP contribution in [0.5, 0.6) is 0 Å². The summed E-state index contributed by atoms with van der Waals surface area (Å²) in [6.45, 7) is 4.43. The van der Waals surface area contributed by atoms with Crippen LogP contribution < -0.4 is 0 Å². The van der Waals surface area contributed by atoms with Crippen molar-refractivity contribution >= 4 is 71.7 Å². The van der Waals surface area contributed by atoms with Gasteiger partial charge in [0.15, 0.2) is 11.7 Å². The van der Waals surface area contributed by atoms with Crippen LogP contribution in [0.1, 0.15) is 16.7 Å². The van der Waals surface area contributed by atoms with Crippen molar-refractivity contribution in [3.63, 3.8) is 0 Å². The zero-order valence-corrected chi connectivity index (χ0v) is 25.3. The molecule has 2 heterocycles. The van der Waals surface area contributed by atoms with Gasteiger partial charge in [-0.05, 0) is 42.6 Å². The summed E-state index contributed by atoms with van der Waals surface area (Å²) in [5, 5.41) is 5.13. The molecule has 0 saturated heterocycles. The number of aliphatic imine (C=N–C) groups is 3. The third-order valence-electron chi connectivity index (χ3n) is 8.19. The monoisotopic (exact) mass is 596 g/mol. The zero-order valence-electron chi connectivity index (χ0n) is 24.5. The molecule has 0 spiro atoms. The Kier molecular flexibility index (Phi) is 6.86. The number of benzene rings is 6. The van der Waals surface area contributed by atoms with E-state index in [2.05, 4.69) is 107 Å². The highest BCUT2D eigenvalue weighted by molar-refractivity contribution is 7.26. The Morgan fingerprint density at radius 3 is 2.13 bits per heavy atom. The molecular weight excluding hydrogens is 569 g/mol. The summed E-state index contributed by atoms with van der Waals surface area (Å²) in [6, 6.07) is 50.5. The summed E-state index contributed by atoms with van der Waals surface area (Å²) >= 11 is 1.86. The van der Waals surface area contributed by atoms with Crippen molar-refractivity contribution in [3.05, 3.63) is 162 Å². The number of hydrogen-bond donors (Lipinski definition) is 0. The van der Waals surface area contributed by atoms with Gasteiger partial charge < -0.3 is 4.57 Å². The molecule has 0 aliphatic heterocycles. The molecular formula is C40H28N4S. The fourth-order valence-electron chi connectivity index (χ4n) is 6.12. The average molecular weight is 597 g/mol. The minimum absolute atomic E-state index is 0.520. The maximum atomic E-state index is 4.99. The Balaban J connectivity index is 1.28. The molecule has 0 radical (unpaired) electrons. The first-order valence-corrected chi connectivity index (χ1v) is 15.7. The van der Waals surface area contributed by atoms with Crippen LogP contribution in [0.2, 0.25) is 0 Å². The summed E-state index contributed by atoms with van der Waals surface area (Å²) in [4.78, 5) is 14.3.